The van der Waals surface area contributed by atoms with Crippen molar-refractivity contribution in [2.75, 3.05) is 19.3 Å². The maximum absolute atomic E-state index is 14.8. The van der Waals surface area contributed by atoms with Crippen molar-refractivity contribution in [2.24, 2.45) is 7.05 Å². The highest BCUT2D eigenvalue weighted by Gasteiger charge is 2.20. The first kappa shape index (κ1) is 18.1. The molecule has 0 radical (unpaired) electrons. The molecule has 0 spiro atoms. The Balaban J connectivity index is 1.78. The second-order valence-electron chi connectivity index (χ2n) is 7.19. The predicted octanol–water partition coefficient (Wildman–Crippen LogP) is 3.25. The minimum Gasteiger partial charge on any atom is -0.327 e. The Morgan fingerprint density at radius 1 is 1.15 bits per heavy atom. The van der Waals surface area contributed by atoms with Gasteiger partial charge in [0.05, 0.1) is 10.4 Å². The van der Waals surface area contributed by atoms with Gasteiger partial charge in [-0.1, -0.05) is 0 Å². The Labute approximate surface area is 158 Å². The fourth-order valence-electron chi connectivity index (χ4n) is 3.77. The monoisotopic (exact) mass is 387 g/mol. The lowest BCUT2D eigenvalue weighted by Gasteiger charge is -2.23. The molecule has 1 saturated heterocycles. The molecule has 0 atom stereocenters. The van der Waals surface area contributed by atoms with Crippen molar-refractivity contribution in [1.82, 2.24) is 14.9 Å². The average molecular weight is 387 g/mol. The number of nitrogens with one attached hydrogen (secondary N) is 1. The molecule has 1 aromatic heterocycles. The van der Waals surface area contributed by atoms with Crippen LogP contribution in [-0.2, 0) is 16.9 Å². The third kappa shape index (κ3) is 3.37. The number of hydrogen-bond donors (Lipinski definition) is 1. The van der Waals surface area contributed by atoms with Crippen LogP contribution in [0.5, 0.6) is 0 Å². The van der Waals surface area contributed by atoms with Gasteiger partial charge in [0, 0.05) is 18.9 Å². The van der Waals surface area contributed by atoms with Crippen molar-refractivity contribution in [3.05, 3.63) is 47.8 Å². The second kappa shape index (κ2) is 6.73. The number of rotatable bonds is 3. The van der Waals surface area contributed by atoms with Gasteiger partial charge in [-0.2, -0.15) is 0 Å². The molecule has 0 amide bonds. The van der Waals surface area contributed by atoms with Crippen molar-refractivity contribution >= 4 is 20.9 Å². The third-order valence-corrected chi connectivity index (χ3v) is 6.44. The molecule has 1 fully saturated rings. The quantitative estimate of drug-likeness (QED) is 0.749. The SMILES string of the molecule is Cn1c(-c2ccc(S(C)(=O)=O)cc2)nc2c(F)cc(C3CCNCC3)cc21. The number of imidazole rings is 1. The number of hydrogen-bond acceptors (Lipinski definition) is 4. The maximum atomic E-state index is 14.8. The molecule has 0 aliphatic carbocycles. The molecule has 27 heavy (non-hydrogen) atoms. The summed E-state index contributed by atoms with van der Waals surface area (Å²) in [7, 11) is -1.39. The summed E-state index contributed by atoms with van der Waals surface area (Å²) < 4.78 is 39.9. The Bertz CT molecular complexity index is 1100. The Morgan fingerprint density at radius 2 is 1.81 bits per heavy atom. The second-order valence-corrected chi connectivity index (χ2v) is 9.20. The molecule has 0 unspecified atom stereocenters. The van der Waals surface area contributed by atoms with Crippen LogP contribution >= 0.6 is 0 Å². The molecule has 2 aromatic carbocycles. The highest BCUT2D eigenvalue weighted by Crippen LogP contribution is 2.32. The van der Waals surface area contributed by atoms with Gasteiger partial charge in [0.2, 0.25) is 0 Å². The summed E-state index contributed by atoms with van der Waals surface area (Å²) in [5.74, 6) is 0.666. The van der Waals surface area contributed by atoms with Gasteiger partial charge in [-0.15, -0.1) is 0 Å². The molecule has 1 N–H and O–H groups in total. The smallest absolute Gasteiger partial charge is 0.175 e. The van der Waals surface area contributed by atoms with Gasteiger partial charge in [0.25, 0.3) is 0 Å². The van der Waals surface area contributed by atoms with Crippen LogP contribution in [0.15, 0.2) is 41.3 Å². The van der Waals surface area contributed by atoms with E-state index in [1.54, 1.807) is 30.3 Å². The van der Waals surface area contributed by atoms with Crippen molar-refractivity contribution < 1.29 is 12.8 Å². The first-order chi connectivity index (χ1) is 12.8. The van der Waals surface area contributed by atoms with Crippen LogP contribution in [0.4, 0.5) is 4.39 Å². The van der Waals surface area contributed by atoms with Gasteiger partial charge in [-0.25, -0.2) is 17.8 Å². The van der Waals surface area contributed by atoms with Gasteiger partial charge in [-0.3, -0.25) is 0 Å². The van der Waals surface area contributed by atoms with Crippen molar-refractivity contribution in [1.29, 1.82) is 0 Å². The first-order valence-corrected chi connectivity index (χ1v) is 10.9. The minimum atomic E-state index is -3.25. The summed E-state index contributed by atoms with van der Waals surface area (Å²) in [6.45, 7) is 1.90. The molecule has 5 nitrogen and oxygen atoms in total. The minimum absolute atomic E-state index is 0.254. The molecule has 142 valence electrons. The standard InChI is InChI=1S/C20H22FN3O2S/c1-24-18-12-15(13-7-9-22-10-8-13)11-17(21)19(18)23-20(24)14-3-5-16(6-4-14)27(2,25)26/h3-6,11-13,22H,7-10H2,1-2H3. The normalized spacial score (nSPS) is 16.1. The van der Waals surface area contributed by atoms with E-state index >= 15 is 0 Å². The van der Waals surface area contributed by atoms with Crippen LogP contribution in [-0.4, -0.2) is 37.3 Å². The van der Waals surface area contributed by atoms with E-state index in [2.05, 4.69) is 10.3 Å². The lowest BCUT2D eigenvalue weighted by atomic mass is 9.90. The number of halogens is 1. The highest BCUT2D eigenvalue weighted by atomic mass is 32.2. The molecule has 0 saturated carbocycles. The summed E-state index contributed by atoms with van der Waals surface area (Å²) in [4.78, 5) is 4.74. The maximum Gasteiger partial charge on any atom is 0.175 e. The fourth-order valence-corrected chi connectivity index (χ4v) is 4.40. The summed E-state index contributed by atoms with van der Waals surface area (Å²) >= 11 is 0. The highest BCUT2D eigenvalue weighted by molar-refractivity contribution is 7.90. The first-order valence-electron chi connectivity index (χ1n) is 9.01. The molecule has 7 heteroatoms. The van der Waals surface area contributed by atoms with E-state index in [9.17, 15) is 12.8 Å². The van der Waals surface area contributed by atoms with E-state index in [-0.39, 0.29) is 10.7 Å². The zero-order chi connectivity index (χ0) is 19.2. The fraction of sp³-hybridized carbons (Fsp3) is 0.350. The van der Waals surface area contributed by atoms with Gasteiger partial charge >= 0.3 is 0 Å². The van der Waals surface area contributed by atoms with E-state index in [0.29, 0.717) is 17.3 Å². The molecule has 4 rings (SSSR count). The van der Waals surface area contributed by atoms with E-state index in [1.807, 2.05) is 17.7 Å². The van der Waals surface area contributed by atoms with E-state index in [1.165, 1.54) is 6.26 Å². The van der Waals surface area contributed by atoms with Gasteiger partial charge < -0.3 is 9.88 Å². The van der Waals surface area contributed by atoms with Crippen LogP contribution in [0.2, 0.25) is 0 Å². The number of aromatic nitrogens is 2. The van der Waals surface area contributed by atoms with E-state index < -0.39 is 9.84 Å². The van der Waals surface area contributed by atoms with E-state index in [4.69, 9.17) is 0 Å². The molecular weight excluding hydrogens is 365 g/mol. The lowest BCUT2D eigenvalue weighted by molar-refractivity contribution is 0.459. The van der Waals surface area contributed by atoms with Gasteiger partial charge in [-0.05, 0) is 73.8 Å². The Kier molecular flexibility index (Phi) is 4.52. The van der Waals surface area contributed by atoms with Crippen LogP contribution in [0, 0.1) is 5.82 Å². The number of piperidine rings is 1. The summed E-state index contributed by atoms with van der Waals surface area (Å²) in [6.07, 6.45) is 3.18. The lowest BCUT2D eigenvalue weighted by Crippen LogP contribution is -2.26. The Morgan fingerprint density at radius 3 is 2.44 bits per heavy atom. The average Bonchev–Trinajstić information content (AvgIpc) is 2.99. The zero-order valence-corrected chi connectivity index (χ0v) is 16.2. The topological polar surface area (TPSA) is 64.0 Å². The number of aryl methyl sites for hydroxylation is 1. The molecular formula is C20H22FN3O2S. The van der Waals surface area contributed by atoms with Gasteiger partial charge in [0.15, 0.2) is 15.7 Å². The molecule has 1 aliphatic rings. The summed E-state index contributed by atoms with van der Waals surface area (Å²) in [5, 5.41) is 3.33. The molecule has 1 aliphatic heterocycles. The van der Waals surface area contributed by atoms with Crippen LogP contribution in [0.1, 0.15) is 24.3 Å². The third-order valence-electron chi connectivity index (χ3n) is 5.31. The number of sulfone groups is 1. The van der Waals surface area contributed by atoms with E-state index in [0.717, 1.165) is 42.6 Å². The largest absolute Gasteiger partial charge is 0.327 e. The summed E-state index contributed by atoms with van der Waals surface area (Å²) in [6, 6.07) is 10.2. The number of benzene rings is 2. The van der Waals surface area contributed by atoms with Crippen molar-refractivity contribution in [3.8, 4) is 11.4 Å². The number of fused-ring (bicyclic) bond motifs is 1. The van der Waals surface area contributed by atoms with Crippen molar-refractivity contribution in [2.45, 2.75) is 23.7 Å². The number of nitrogens with zero attached hydrogens (tertiary/aromatic N) is 2. The van der Waals surface area contributed by atoms with Crippen LogP contribution in [0.25, 0.3) is 22.4 Å². The van der Waals surface area contributed by atoms with Crippen molar-refractivity contribution in [3.63, 3.8) is 0 Å². The molecule has 2 heterocycles. The predicted molar refractivity (Wildman–Crippen MR) is 104 cm³/mol. The Hall–Kier alpha value is -2.25. The van der Waals surface area contributed by atoms with Gasteiger partial charge in [0.1, 0.15) is 11.3 Å². The molecule has 3 aromatic rings. The van der Waals surface area contributed by atoms with Crippen LogP contribution < -0.4 is 5.32 Å². The molecule has 0 bridgehead atoms. The summed E-state index contributed by atoms with van der Waals surface area (Å²) in [5.41, 5.74) is 2.87. The van der Waals surface area contributed by atoms with Crippen LogP contribution in [0.3, 0.4) is 0 Å². The zero-order valence-electron chi connectivity index (χ0n) is 15.4.